The molecule has 0 radical (unpaired) electrons. The Bertz CT molecular complexity index is 140. The summed E-state index contributed by atoms with van der Waals surface area (Å²) in [7, 11) is 0. The lowest BCUT2D eigenvalue weighted by Gasteiger charge is -2.08. The highest BCUT2D eigenvalue weighted by Gasteiger charge is 2.23. The van der Waals surface area contributed by atoms with E-state index in [4.69, 9.17) is 28.3 Å². The second kappa shape index (κ2) is 4.85. The van der Waals surface area contributed by atoms with E-state index in [0.29, 0.717) is 0 Å². The van der Waals surface area contributed by atoms with Crippen LogP contribution in [-0.2, 0) is 4.79 Å². The van der Waals surface area contributed by atoms with E-state index in [1.165, 1.54) is 0 Å². The van der Waals surface area contributed by atoms with Crippen LogP contribution in [0.2, 0.25) is 0 Å². The van der Waals surface area contributed by atoms with Crippen LogP contribution in [0.3, 0.4) is 0 Å². The molecule has 6 heteroatoms. The maximum atomic E-state index is 11.5. The molecule has 0 aliphatic heterocycles. The molecule has 0 rings (SSSR count). The van der Waals surface area contributed by atoms with Crippen molar-refractivity contribution in [3.63, 3.8) is 0 Å². The maximum Gasteiger partial charge on any atom is 0.296 e. The van der Waals surface area contributed by atoms with Crippen LogP contribution in [0.5, 0.6) is 0 Å². The fraction of sp³-hybridized carbons (Fsp3) is 0.800. The van der Waals surface area contributed by atoms with Crippen molar-refractivity contribution in [3.05, 3.63) is 0 Å². The molecule has 1 N–H and O–H groups in total. The molecule has 0 spiro atoms. The van der Waals surface area contributed by atoms with Gasteiger partial charge in [-0.2, -0.15) is 0 Å². The van der Waals surface area contributed by atoms with Gasteiger partial charge in [-0.1, -0.05) is 0 Å². The third-order valence-electron chi connectivity index (χ3n) is 0.945. The van der Waals surface area contributed by atoms with Crippen LogP contribution in [0.1, 0.15) is 6.42 Å². The van der Waals surface area contributed by atoms with Gasteiger partial charge in [-0.3, -0.25) is 4.79 Å². The quantitative estimate of drug-likeness (QED) is 0.707. The summed E-state index contributed by atoms with van der Waals surface area (Å²) in [6.45, 7) is 0. The summed E-state index contributed by atoms with van der Waals surface area (Å²) in [5.74, 6) is -1.36. The highest BCUT2D eigenvalue weighted by molar-refractivity contribution is 6.44. The summed E-state index contributed by atoms with van der Waals surface area (Å²) in [5, 5.41) is 8.73. The van der Waals surface area contributed by atoms with E-state index in [2.05, 4.69) is 0 Å². The molecule has 66 valence electrons. The van der Waals surface area contributed by atoms with E-state index < -0.39 is 29.6 Å². The fourth-order valence-corrected chi connectivity index (χ4v) is 0.562. The molecule has 0 saturated heterocycles. The first-order valence-electron chi connectivity index (χ1n) is 2.72. The second-order valence-electron chi connectivity index (χ2n) is 1.87. The number of hydrogen-bond donors (Lipinski definition) is 1. The number of alkyl halides is 4. The molecule has 0 saturated carbocycles. The lowest BCUT2D eigenvalue weighted by atomic mass is 10.2. The monoisotopic (exact) mass is 206 g/mol. The van der Waals surface area contributed by atoms with Crippen molar-refractivity contribution >= 4 is 29.0 Å². The summed E-state index contributed by atoms with van der Waals surface area (Å²) >= 11 is 10.2. The number of aliphatic hydroxyl groups excluding tert-OH is 1. The standard InChI is InChI=1S/C5H6Cl2F2O2/c6-4(7)2(10)1-3(11)5(8)9/h2,4-5,10H,1H2. The minimum Gasteiger partial charge on any atom is -0.390 e. The molecule has 1 atom stereocenters. The van der Waals surface area contributed by atoms with Crippen molar-refractivity contribution in [2.24, 2.45) is 0 Å². The van der Waals surface area contributed by atoms with Crippen molar-refractivity contribution < 1.29 is 18.7 Å². The number of carbonyl (C=O) groups excluding carboxylic acids is 1. The van der Waals surface area contributed by atoms with Crippen LogP contribution >= 0.6 is 23.2 Å². The zero-order valence-electron chi connectivity index (χ0n) is 5.31. The molecule has 1 unspecified atom stereocenters. The predicted molar refractivity (Wildman–Crippen MR) is 37.1 cm³/mol. The number of carbonyl (C=O) groups is 1. The Morgan fingerprint density at radius 2 is 1.91 bits per heavy atom. The normalized spacial score (nSPS) is 14.1. The van der Waals surface area contributed by atoms with Gasteiger partial charge in [0, 0.05) is 6.42 Å². The Morgan fingerprint density at radius 3 is 2.18 bits per heavy atom. The first-order valence-corrected chi connectivity index (χ1v) is 3.59. The average Bonchev–Trinajstić information content (AvgIpc) is 1.87. The van der Waals surface area contributed by atoms with Crippen LogP contribution < -0.4 is 0 Å². The number of aliphatic hydroxyl groups is 1. The minimum atomic E-state index is -3.07. The second-order valence-corrected chi connectivity index (χ2v) is 3.04. The van der Waals surface area contributed by atoms with Gasteiger partial charge in [0.05, 0.1) is 6.10 Å². The zero-order chi connectivity index (χ0) is 9.02. The third kappa shape index (κ3) is 4.50. The first-order chi connectivity index (χ1) is 4.95. The Balaban J connectivity index is 3.76. The first kappa shape index (κ1) is 11.1. The number of Topliss-reactive ketones (excluding diaryl/α,β-unsaturated/α-hetero) is 1. The van der Waals surface area contributed by atoms with E-state index in [1.807, 2.05) is 0 Å². The molecule has 0 aromatic heterocycles. The van der Waals surface area contributed by atoms with Gasteiger partial charge in [-0.15, -0.1) is 23.2 Å². The molecule has 0 aliphatic carbocycles. The summed E-state index contributed by atoms with van der Waals surface area (Å²) in [4.78, 5) is 9.02. The summed E-state index contributed by atoms with van der Waals surface area (Å²) in [6, 6.07) is 0. The molecule has 0 aromatic rings. The van der Waals surface area contributed by atoms with Crippen molar-refractivity contribution in [1.29, 1.82) is 0 Å². The van der Waals surface area contributed by atoms with Crippen molar-refractivity contribution in [2.75, 3.05) is 0 Å². The number of halogens is 4. The molecule has 2 nitrogen and oxygen atoms in total. The number of rotatable bonds is 4. The topological polar surface area (TPSA) is 37.3 Å². The molecular weight excluding hydrogens is 201 g/mol. The number of hydrogen-bond acceptors (Lipinski definition) is 2. The van der Waals surface area contributed by atoms with Gasteiger partial charge in [-0.05, 0) is 0 Å². The van der Waals surface area contributed by atoms with Gasteiger partial charge in [0.2, 0.25) is 5.78 Å². The molecule has 0 bridgehead atoms. The fourth-order valence-electron chi connectivity index (χ4n) is 0.384. The highest BCUT2D eigenvalue weighted by Crippen LogP contribution is 2.13. The largest absolute Gasteiger partial charge is 0.390 e. The zero-order valence-corrected chi connectivity index (χ0v) is 6.82. The lowest BCUT2D eigenvalue weighted by Crippen LogP contribution is -2.23. The minimum absolute atomic E-state index is 0.713. The Labute approximate surface area is 72.1 Å². The van der Waals surface area contributed by atoms with Gasteiger partial charge < -0.3 is 5.11 Å². The Kier molecular flexibility index (Phi) is 4.88. The van der Waals surface area contributed by atoms with E-state index in [9.17, 15) is 13.6 Å². The van der Waals surface area contributed by atoms with Gasteiger partial charge >= 0.3 is 0 Å². The van der Waals surface area contributed by atoms with E-state index in [1.54, 1.807) is 0 Å². The molecule has 0 aliphatic rings. The smallest absolute Gasteiger partial charge is 0.296 e. The highest BCUT2D eigenvalue weighted by atomic mass is 35.5. The maximum absolute atomic E-state index is 11.5. The molecule has 0 aromatic carbocycles. The molecule has 0 fully saturated rings. The molecule has 0 heterocycles. The average molecular weight is 207 g/mol. The predicted octanol–water partition coefficient (Wildman–Crippen LogP) is 1.38. The van der Waals surface area contributed by atoms with Gasteiger partial charge in [0.1, 0.15) is 4.84 Å². The van der Waals surface area contributed by atoms with Crippen LogP contribution in [0.4, 0.5) is 8.78 Å². The van der Waals surface area contributed by atoms with Gasteiger partial charge in [-0.25, -0.2) is 8.78 Å². The van der Waals surface area contributed by atoms with Gasteiger partial charge in [0.15, 0.2) is 0 Å². The van der Waals surface area contributed by atoms with Crippen LogP contribution in [0, 0.1) is 0 Å². The molecule has 11 heavy (non-hydrogen) atoms. The molecule has 0 amide bonds. The van der Waals surface area contributed by atoms with E-state index in [0.717, 1.165) is 0 Å². The van der Waals surface area contributed by atoms with Crippen molar-refractivity contribution in [3.8, 4) is 0 Å². The Hall–Kier alpha value is 0.0700. The summed E-state index contributed by atoms with van der Waals surface area (Å²) < 4.78 is 23.0. The van der Waals surface area contributed by atoms with Crippen molar-refractivity contribution in [1.82, 2.24) is 0 Å². The lowest BCUT2D eigenvalue weighted by molar-refractivity contribution is -0.131. The van der Waals surface area contributed by atoms with Crippen LogP contribution in [0.15, 0.2) is 0 Å². The van der Waals surface area contributed by atoms with Crippen LogP contribution in [-0.4, -0.2) is 28.3 Å². The van der Waals surface area contributed by atoms with Gasteiger partial charge in [0.25, 0.3) is 6.43 Å². The van der Waals surface area contributed by atoms with E-state index >= 15 is 0 Å². The summed E-state index contributed by atoms with van der Waals surface area (Å²) in [6.07, 6.45) is -5.20. The third-order valence-corrected chi connectivity index (χ3v) is 1.53. The van der Waals surface area contributed by atoms with E-state index in [-0.39, 0.29) is 0 Å². The van der Waals surface area contributed by atoms with Crippen LogP contribution in [0.25, 0.3) is 0 Å². The number of ketones is 1. The molecular formula is C5H6Cl2F2O2. The summed E-state index contributed by atoms with van der Waals surface area (Å²) in [5.41, 5.74) is 0. The Morgan fingerprint density at radius 1 is 1.45 bits per heavy atom. The SMILES string of the molecule is O=C(CC(O)C(Cl)Cl)C(F)F. The van der Waals surface area contributed by atoms with Crippen molar-refractivity contribution in [2.45, 2.75) is 23.8 Å².